The molecule has 2 N–H and O–H groups in total. The molecule has 224 valence electrons. The fourth-order valence-electron chi connectivity index (χ4n) is 3.70. The Morgan fingerprint density at radius 1 is 0.535 bits per heavy atom. The summed E-state index contributed by atoms with van der Waals surface area (Å²) in [5, 5.41) is 20.1. The predicted octanol–water partition coefficient (Wildman–Crippen LogP) is 3.71. The molecule has 0 saturated carbocycles. The van der Waals surface area contributed by atoms with Gasteiger partial charge in [0.1, 0.15) is 50.1 Å². The normalized spacial score (nSPS) is 12.5. The highest BCUT2D eigenvalue weighted by Gasteiger charge is 2.20. The minimum atomic E-state index is -3.96. The van der Waals surface area contributed by atoms with E-state index in [1.165, 1.54) is 48.5 Å². The van der Waals surface area contributed by atoms with Gasteiger partial charge in [0.15, 0.2) is 0 Å². The standard InChI is InChI=1S/C32H30O10S/c33-25(19-39-27-7-3-1-4-8-27)21-41-31(35)23-11-15-29(16-12-23)43(37,38)30-17-13-24(14-18-30)32(36)42-22-26(34)20-40-28-9-5-2-6-10-28/h1-18,25-26,33-34H,19-22H2. The highest BCUT2D eigenvalue weighted by atomic mass is 32.2. The Hall–Kier alpha value is -4.71. The van der Waals surface area contributed by atoms with Crippen LogP contribution in [0.4, 0.5) is 0 Å². The summed E-state index contributed by atoms with van der Waals surface area (Å²) in [6.45, 7) is -0.755. The molecule has 2 unspecified atom stereocenters. The predicted molar refractivity (Wildman–Crippen MR) is 155 cm³/mol. The molecule has 4 aromatic carbocycles. The number of benzene rings is 4. The van der Waals surface area contributed by atoms with Crippen LogP contribution in [0.25, 0.3) is 0 Å². The van der Waals surface area contributed by atoms with Gasteiger partial charge in [-0.2, -0.15) is 0 Å². The first kappa shape index (κ1) is 31.2. The number of carbonyl (C=O) groups excluding carboxylic acids is 2. The lowest BCUT2D eigenvalue weighted by Crippen LogP contribution is -2.25. The number of carbonyl (C=O) groups is 2. The van der Waals surface area contributed by atoms with E-state index >= 15 is 0 Å². The van der Waals surface area contributed by atoms with Crippen LogP contribution >= 0.6 is 0 Å². The summed E-state index contributed by atoms with van der Waals surface area (Å²) in [5.41, 5.74) is 0.203. The minimum absolute atomic E-state index is 0.0720. The molecule has 0 saturated heterocycles. The molecule has 0 radical (unpaired) electrons. The van der Waals surface area contributed by atoms with Crippen LogP contribution in [0.1, 0.15) is 20.7 Å². The molecule has 0 spiro atoms. The Morgan fingerprint density at radius 3 is 1.23 bits per heavy atom. The molecule has 0 bridgehead atoms. The molecular weight excluding hydrogens is 576 g/mol. The fourth-order valence-corrected chi connectivity index (χ4v) is 4.96. The molecule has 0 aliphatic rings. The van der Waals surface area contributed by atoms with Gasteiger partial charge in [-0.1, -0.05) is 36.4 Å². The molecule has 0 aliphatic heterocycles. The topological polar surface area (TPSA) is 146 Å². The van der Waals surface area contributed by atoms with E-state index in [9.17, 15) is 28.2 Å². The van der Waals surface area contributed by atoms with Crippen molar-refractivity contribution in [2.24, 2.45) is 0 Å². The van der Waals surface area contributed by atoms with E-state index in [0.29, 0.717) is 11.5 Å². The summed E-state index contributed by atoms with van der Waals surface area (Å²) in [4.78, 5) is 24.6. The number of aliphatic hydroxyl groups is 2. The van der Waals surface area contributed by atoms with Gasteiger partial charge in [-0.05, 0) is 72.8 Å². The van der Waals surface area contributed by atoms with Gasteiger partial charge in [-0.25, -0.2) is 18.0 Å². The molecule has 0 amide bonds. The van der Waals surface area contributed by atoms with Gasteiger partial charge in [-0.3, -0.25) is 0 Å². The molecule has 0 aromatic heterocycles. The molecule has 0 fully saturated rings. The third-order valence-corrected chi connectivity index (χ3v) is 7.77. The van der Waals surface area contributed by atoms with Crippen molar-refractivity contribution in [1.82, 2.24) is 0 Å². The van der Waals surface area contributed by atoms with E-state index in [-0.39, 0.29) is 47.3 Å². The van der Waals surface area contributed by atoms with E-state index in [2.05, 4.69) is 0 Å². The smallest absolute Gasteiger partial charge is 0.338 e. The summed E-state index contributed by atoms with van der Waals surface area (Å²) in [6.07, 6.45) is -2.11. The van der Waals surface area contributed by atoms with Crippen LogP contribution < -0.4 is 9.47 Å². The lowest BCUT2D eigenvalue weighted by atomic mass is 10.2. The van der Waals surface area contributed by atoms with Crippen LogP contribution in [-0.4, -0.2) is 69.2 Å². The van der Waals surface area contributed by atoms with E-state index < -0.39 is 34.0 Å². The van der Waals surface area contributed by atoms with Crippen LogP contribution in [0, 0.1) is 0 Å². The first-order chi connectivity index (χ1) is 20.7. The van der Waals surface area contributed by atoms with Crippen molar-refractivity contribution < 1.29 is 47.2 Å². The number of rotatable bonds is 14. The zero-order valence-corrected chi connectivity index (χ0v) is 23.8. The van der Waals surface area contributed by atoms with Gasteiger partial charge >= 0.3 is 11.9 Å². The van der Waals surface area contributed by atoms with Gasteiger partial charge in [0.2, 0.25) is 9.84 Å². The Kier molecular flexibility index (Phi) is 10.9. The molecule has 43 heavy (non-hydrogen) atoms. The second-order valence-corrected chi connectivity index (χ2v) is 11.3. The maximum Gasteiger partial charge on any atom is 0.338 e. The van der Waals surface area contributed by atoms with Gasteiger partial charge in [0.25, 0.3) is 0 Å². The van der Waals surface area contributed by atoms with Gasteiger partial charge in [0, 0.05) is 0 Å². The average Bonchev–Trinajstić information content (AvgIpc) is 3.05. The van der Waals surface area contributed by atoms with E-state index in [1.807, 2.05) is 12.1 Å². The van der Waals surface area contributed by atoms with Crippen molar-refractivity contribution >= 4 is 21.8 Å². The number of hydrogen-bond acceptors (Lipinski definition) is 10. The quantitative estimate of drug-likeness (QED) is 0.204. The number of sulfone groups is 1. The van der Waals surface area contributed by atoms with Crippen molar-refractivity contribution in [3.05, 3.63) is 120 Å². The maximum absolute atomic E-state index is 13.1. The molecule has 4 rings (SSSR count). The van der Waals surface area contributed by atoms with Gasteiger partial charge < -0.3 is 29.2 Å². The lowest BCUT2D eigenvalue weighted by molar-refractivity contribution is 0.0127. The van der Waals surface area contributed by atoms with Crippen LogP contribution in [0.15, 0.2) is 119 Å². The Labute approximate surface area is 249 Å². The number of para-hydroxylation sites is 2. The highest BCUT2D eigenvalue weighted by Crippen LogP contribution is 2.22. The number of aliphatic hydroxyl groups excluding tert-OH is 2. The van der Waals surface area contributed by atoms with Crippen LogP contribution in [0.2, 0.25) is 0 Å². The molecule has 0 aliphatic carbocycles. The first-order valence-electron chi connectivity index (χ1n) is 13.2. The largest absolute Gasteiger partial charge is 0.491 e. The van der Waals surface area contributed by atoms with Crippen molar-refractivity contribution in [2.45, 2.75) is 22.0 Å². The van der Waals surface area contributed by atoms with Crippen LogP contribution in [-0.2, 0) is 19.3 Å². The van der Waals surface area contributed by atoms with Gasteiger partial charge in [-0.15, -0.1) is 0 Å². The summed E-state index contributed by atoms with van der Waals surface area (Å²) in [6, 6.07) is 28.0. The van der Waals surface area contributed by atoms with Crippen molar-refractivity contribution in [3.63, 3.8) is 0 Å². The zero-order valence-electron chi connectivity index (χ0n) is 22.9. The van der Waals surface area contributed by atoms with E-state index in [4.69, 9.17) is 18.9 Å². The zero-order chi connectivity index (χ0) is 30.7. The third-order valence-electron chi connectivity index (χ3n) is 5.99. The van der Waals surface area contributed by atoms with Crippen molar-refractivity contribution in [3.8, 4) is 11.5 Å². The van der Waals surface area contributed by atoms with E-state index in [0.717, 1.165) is 0 Å². The molecule has 0 heterocycles. The van der Waals surface area contributed by atoms with Crippen LogP contribution in [0.3, 0.4) is 0 Å². The van der Waals surface area contributed by atoms with Crippen LogP contribution in [0.5, 0.6) is 11.5 Å². The Balaban J connectivity index is 1.25. The SMILES string of the molecule is O=C(OCC(O)COc1ccccc1)c1ccc(S(=O)(=O)c2ccc(C(=O)OCC(O)COc3ccccc3)cc2)cc1. The van der Waals surface area contributed by atoms with Crippen molar-refractivity contribution in [1.29, 1.82) is 0 Å². The maximum atomic E-state index is 13.1. The average molecular weight is 607 g/mol. The second-order valence-electron chi connectivity index (χ2n) is 9.30. The summed E-state index contributed by atoms with van der Waals surface area (Å²) in [5.74, 6) is -0.329. The van der Waals surface area contributed by atoms with E-state index in [1.54, 1.807) is 48.5 Å². The molecule has 11 heteroatoms. The Bertz CT molecular complexity index is 1460. The summed E-state index contributed by atoms with van der Waals surface area (Å²) in [7, 11) is -3.96. The minimum Gasteiger partial charge on any atom is -0.491 e. The third kappa shape index (κ3) is 9.14. The first-order valence-corrected chi connectivity index (χ1v) is 14.7. The molecule has 2 atom stereocenters. The molecule has 4 aromatic rings. The Morgan fingerprint density at radius 2 is 0.884 bits per heavy atom. The van der Waals surface area contributed by atoms with Crippen molar-refractivity contribution in [2.75, 3.05) is 26.4 Å². The number of hydrogen-bond donors (Lipinski definition) is 2. The number of ether oxygens (including phenoxy) is 4. The highest BCUT2D eigenvalue weighted by molar-refractivity contribution is 7.91. The fraction of sp³-hybridized carbons (Fsp3) is 0.188. The summed E-state index contributed by atoms with van der Waals surface area (Å²) < 4.78 is 47.2. The lowest BCUT2D eigenvalue weighted by Gasteiger charge is -2.13. The molecular formula is C32H30O10S. The van der Waals surface area contributed by atoms with Gasteiger partial charge in [0.05, 0.1) is 20.9 Å². The second kappa shape index (κ2) is 15.0. The molecule has 10 nitrogen and oxygen atoms in total. The summed E-state index contributed by atoms with van der Waals surface area (Å²) >= 11 is 0. The number of esters is 2. The monoisotopic (exact) mass is 606 g/mol.